The summed E-state index contributed by atoms with van der Waals surface area (Å²) in [5, 5.41) is 20.2. The second-order valence-electron chi connectivity index (χ2n) is 6.88. The van der Waals surface area contributed by atoms with Gasteiger partial charge in [0.1, 0.15) is 6.10 Å². The minimum atomic E-state index is -0.456. The van der Waals surface area contributed by atoms with Crippen molar-refractivity contribution in [2.45, 2.75) is 50.9 Å². The fourth-order valence-electron chi connectivity index (χ4n) is 4.04. The Labute approximate surface area is 132 Å². The summed E-state index contributed by atoms with van der Waals surface area (Å²) in [6, 6.07) is 3.70. The van der Waals surface area contributed by atoms with Crippen LogP contribution in [0.5, 0.6) is 11.5 Å². The summed E-state index contributed by atoms with van der Waals surface area (Å²) < 4.78 is 6.14. The zero-order chi connectivity index (χ0) is 16.1. The highest BCUT2D eigenvalue weighted by Gasteiger charge is 2.52. The van der Waals surface area contributed by atoms with Gasteiger partial charge in [-0.3, -0.25) is 0 Å². The minimum Gasteiger partial charge on any atom is -0.504 e. The van der Waals surface area contributed by atoms with Crippen molar-refractivity contribution >= 4 is 0 Å². The van der Waals surface area contributed by atoms with E-state index in [4.69, 9.17) is 4.74 Å². The largest absolute Gasteiger partial charge is 0.504 e. The molecule has 0 aliphatic carbocycles. The molecule has 2 aliphatic rings. The molecule has 4 heteroatoms. The number of aliphatic hydroxyl groups is 1. The van der Waals surface area contributed by atoms with Gasteiger partial charge >= 0.3 is 0 Å². The topological polar surface area (TPSA) is 52.9 Å². The monoisotopic (exact) mass is 303 g/mol. The summed E-state index contributed by atoms with van der Waals surface area (Å²) in [6.07, 6.45) is 0.782. The number of phenols is 1. The number of hydrogen-bond acceptors (Lipinski definition) is 4. The van der Waals surface area contributed by atoms with E-state index in [1.807, 2.05) is 13.0 Å². The summed E-state index contributed by atoms with van der Waals surface area (Å²) >= 11 is 0. The van der Waals surface area contributed by atoms with Crippen LogP contribution in [0.15, 0.2) is 24.3 Å². The molecule has 0 radical (unpaired) electrons. The first-order valence-corrected chi connectivity index (χ1v) is 7.91. The third kappa shape index (κ3) is 2.13. The van der Waals surface area contributed by atoms with Crippen LogP contribution >= 0.6 is 0 Å². The van der Waals surface area contributed by atoms with Gasteiger partial charge in [-0.2, -0.15) is 0 Å². The maximum atomic E-state index is 10.3. The van der Waals surface area contributed by atoms with Crippen LogP contribution in [0.1, 0.15) is 37.8 Å². The third-order valence-corrected chi connectivity index (χ3v) is 5.12. The van der Waals surface area contributed by atoms with Gasteiger partial charge < -0.3 is 19.8 Å². The summed E-state index contributed by atoms with van der Waals surface area (Å²) in [4.78, 5) is 2.29. The van der Waals surface area contributed by atoms with Crippen molar-refractivity contribution in [1.29, 1.82) is 0 Å². The van der Waals surface area contributed by atoms with Crippen LogP contribution in [0.3, 0.4) is 0 Å². The highest BCUT2D eigenvalue weighted by molar-refractivity contribution is 5.61. The summed E-state index contributed by atoms with van der Waals surface area (Å²) in [5.74, 6) is 0.767. The molecule has 0 unspecified atom stereocenters. The second-order valence-corrected chi connectivity index (χ2v) is 6.88. The van der Waals surface area contributed by atoms with E-state index in [1.54, 1.807) is 13.0 Å². The van der Waals surface area contributed by atoms with E-state index in [1.165, 1.54) is 5.56 Å². The molecule has 0 spiro atoms. The normalized spacial score (nSPS) is 28.6. The molecule has 2 aliphatic heterocycles. The van der Waals surface area contributed by atoms with E-state index < -0.39 is 6.10 Å². The molecule has 120 valence electrons. The summed E-state index contributed by atoms with van der Waals surface area (Å²) in [5.41, 5.74) is 2.98. The van der Waals surface area contributed by atoms with Crippen molar-refractivity contribution in [2.75, 3.05) is 13.6 Å². The Morgan fingerprint density at radius 1 is 1.55 bits per heavy atom. The van der Waals surface area contributed by atoms with Crippen LogP contribution in [-0.2, 0) is 12.0 Å². The summed E-state index contributed by atoms with van der Waals surface area (Å²) in [7, 11) is 2.11. The molecule has 1 aromatic rings. The van der Waals surface area contributed by atoms with Crippen molar-refractivity contribution in [1.82, 2.24) is 4.90 Å². The molecule has 22 heavy (non-hydrogen) atoms. The van der Waals surface area contributed by atoms with Gasteiger partial charge in [-0.05, 0) is 45.5 Å². The molecule has 1 aromatic carbocycles. The predicted octanol–water partition coefficient (Wildman–Crippen LogP) is 2.57. The van der Waals surface area contributed by atoms with Crippen LogP contribution in [0.2, 0.25) is 0 Å². The van der Waals surface area contributed by atoms with Gasteiger partial charge in [0.2, 0.25) is 0 Å². The molecule has 2 N–H and O–H groups in total. The predicted molar refractivity (Wildman–Crippen MR) is 86.3 cm³/mol. The lowest BCUT2D eigenvalue weighted by atomic mass is 9.67. The number of rotatable bonds is 3. The lowest BCUT2D eigenvalue weighted by Gasteiger charge is -2.35. The van der Waals surface area contributed by atoms with Gasteiger partial charge in [-0.25, -0.2) is 0 Å². The Bertz CT molecular complexity index is 611. The van der Waals surface area contributed by atoms with Crippen molar-refractivity contribution < 1.29 is 14.9 Å². The molecule has 3 rings (SSSR count). The van der Waals surface area contributed by atoms with Crippen LogP contribution in [0.25, 0.3) is 0 Å². The lowest BCUT2D eigenvalue weighted by molar-refractivity contribution is 0.0787. The quantitative estimate of drug-likeness (QED) is 0.843. The Kier molecular flexibility index (Phi) is 3.69. The molecule has 3 atom stereocenters. The molecule has 0 fully saturated rings. The standard InChI is InChI=1S/C18H25NO3/c1-11(2)18-7-8-19(4)10-13-5-6-14(21)17(16(13)18)22-15(18)9-12(3)20/h5-6,12,15,20-21H,1,7-10H2,2-4H3/t12-,15-,18+/m0/s1. The molecule has 4 nitrogen and oxygen atoms in total. The Hall–Kier alpha value is -1.52. The zero-order valence-electron chi connectivity index (χ0n) is 13.6. The van der Waals surface area contributed by atoms with E-state index in [0.29, 0.717) is 12.2 Å². The third-order valence-electron chi connectivity index (χ3n) is 5.12. The Morgan fingerprint density at radius 2 is 2.27 bits per heavy atom. The van der Waals surface area contributed by atoms with Gasteiger partial charge in [0.05, 0.1) is 11.5 Å². The van der Waals surface area contributed by atoms with Crippen LogP contribution in [-0.4, -0.2) is 40.9 Å². The first-order chi connectivity index (χ1) is 10.4. The number of aromatic hydroxyl groups is 1. The fraction of sp³-hybridized carbons (Fsp3) is 0.556. The van der Waals surface area contributed by atoms with E-state index in [0.717, 1.165) is 30.6 Å². The van der Waals surface area contributed by atoms with Crippen LogP contribution in [0, 0.1) is 0 Å². The molecular weight excluding hydrogens is 278 g/mol. The molecule has 0 amide bonds. The van der Waals surface area contributed by atoms with Gasteiger partial charge in [-0.1, -0.05) is 18.2 Å². The van der Waals surface area contributed by atoms with E-state index in [9.17, 15) is 10.2 Å². The number of ether oxygens (including phenoxy) is 1. The van der Waals surface area contributed by atoms with E-state index in [-0.39, 0.29) is 17.3 Å². The van der Waals surface area contributed by atoms with Crippen LogP contribution in [0.4, 0.5) is 0 Å². The molecule has 2 heterocycles. The number of benzene rings is 1. The first-order valence-electron chi connectivity index (χ1n) is 7.91. The highest BCUT2D eigenvalue weighted by atomic mass is 16.5. The minimum absolute atomic E-state index is 0.182. The Balaban J connectivity index is 2.22. The van der Waals surface area contributed by atoms with Gasteiger partial charge in [0.25, 0.3) is 0 Å². The van der Waals surface area contributed by atoms with Crippen molar-refractivity contribution in [3.8, 4) is 11.5 Å². The smallest absolute Gasteiger partial charge is 0.165 e. The maximum Gasteiger partial charge on any atom is 0.165 e. The maximum absolute atomic E-state index is 10.3. The van der Waals surface area contributed by atoms with E-state index in [2.05, 4.69) is 18.5 Å². The summed E-state index contributed by atoms with van der Waals surface area (Å²) in [6.45, 7) is 9.83. The van der Waals surface area contributed by atoms with Crippen molar-refractivity contribution in [3.63, 3.8) is 0 Å². The second kappa shape index (κ2) is 5.28. The molecule has 0 aromatic heterocycles. The molecule has 0 saturated heterocycles. The fourth-order valence-corrected chi connectivity index (χ4v) is 4.04. The molecule has 0 saturated carbocycles. The molecule has 0 bridgehead atoms. The zero-order valence-corrected chi connectivity index (χ0v) is 13.6. The number of aliphatic hydroxyl groups excluding tert-OH is 1. The number of nitrogens with zero attached hydrogens (tertiary/aromatic N) is 1. The number of phenolic OH excluding ortho intramolecular Hbond substituents is 1. The SMILES string of the molecule is C=C(C)[C@@]12CCN(C)Cc3ccc(O)c(c31)O[C@H]2C[C@H](C)O. The van der Waals surface area contributed by atoms with Gasteiger partial charge in [0.15, 0.2) is 11.5 Å². The average molecular weight is 303 g/mol. The van der Waals surface area contributed by atoms with Crippen LogP contribution < -0.4 is 4.74 Å². The van der Waals surface area contributed by atoms with E-state index >= 15 is 0 Å². The Morgan fingerprint density at radius 3 is 2.91 bits per heavy atom. The first kappa shape index (κ1) is 15.4. The lowest BCUT2D eigenvalue weighted by Crippen LogP contribution is -2.42. The van der Waals surface area contributed by atoms with Crippen molar-refractivity contribution in [2.24, 2.45) is 0 Å². The highest BCUT2D eigenvalue weighted by Crippen LogP contribution is 2.56. The molecular formula is C18H25NO3. The van der Waals surface area contributed by atoms with Crippen molar-refractivity contribution in [3.05, 3.63) is 35.4 Å². The average Bonchev–Trinajstić information content (AvgIpc) is 2.66. The number of hydrogen-bond donors (Lipinski definition) is 2. The van der Waals surface area contributed by atoms with Gasteiger partial charge in [0, 0.05) is 18.5 Å². The van der Waals surface area contributed by atoms with Gasteiger partial charge in [-0.15, -0.1) is 0 Å².